The number of hydrogen-bond acceptors (Lipinski definition) is 4. The number of pyridine rings is 1. The topological polar surface area (TPSA) is 79.6 Å². The fourth-order valence-electron chi connectivity index (χ4n) is 2.28. The zero-order valence-corrected chi connectivity index (χ0v) is 12.4. The van der Waals surface area contributed by atoms with E-state index >= 15 is 0 Å². The summed E-state index contributed by atoms with van der Waals surface area (Å²) >= 11 is 5.94. The Balaban J connectivity index is 2.20. The van der Waals surface area contributed by atoms with Crippen molar-refractivity contribution in [1.29, 1.82) is 0 Å². The maximum atomic E-state index is 11.5. The van der Waals surface area contributed by atoms with Gasteiger partial charge in [-0.05, 0) is 36.4 Å². The minimum absolute atomic E-state index is 0.127. The summed E-state index contributed by atoms with van der Waals surface area (Å²) in [7, 11) is 0. The van der Waals surface area contributed by atoms with Crippen LogP contribution < -0.4 is 0 Å². The third kappa shape index (κ3) is 2.97. The molecule has 0 saturated carbocycles. The van der Waals surface area contributed by atoms with Gasteiger partial charge in [0.15, 0.2) is 0 Å². The van der Waals surface area contributed by atoms with Gasteiger partial charge in [-0.1, -0.05) is 23.7 Å². The van der Waals surface area contributed by atoms with Crippen molar-refractivity contribution in [2.45, 2.75) is 0 Å². The van der Waals surface area contributed by atoms with Crippen molar-refractivity contribution < 1.29 is 14.7 Å². The highest BCUT2D eigenvalue weighted by Gasteiger charge is 2.13. The molecule has 0 saturated heterocycles. The molecule has 0 aliphatic carbocycles. The predicted octanol–water partition coefficient (Wildman–Crippen LogP) is 4.22. The lowest BCUT2D eigenvalue weighted by Gasteiger charge is -2.07. The van der Waals surface area contributed by atoms with Crippen LogP contribution in [0.25, 0.3) is 22.2 Å². The van der Waals surface area contributed by atoms with Gasteiger partial charge in [0.1, 0.15) is 0 Å². The van der Waals surface area contributed by atoms with Crippen LogP contribution in [0.5, 0.6) is 0 Å². The van der Waals surface area contributed by atoms with E-state index in [0.717, 1.165) is 0 Å². The molecule has 0 aliphatic heterocycles. The van der Waals surface area contributed by atoms with Crippen molar-refractivity contribution in [1.82, 2.24) is 4.98 Å². The molecule has 1 aromatic heterocycles. The fraction of sp³-hybridized carbons (Fsp3) is 0. The molecule has 0 spiro atoms. The van der Waals surface area contributed by atoms with Crippen molar-refractivity contribution in [3.8, 4) is 11.3 Å². The number of aliphatic imine (C=N–C) groups is 1. The van der Waals surface area contributed by atoms with Crippen molar-refractivity contribution in [3.63, 3.8) is 0 Å². The third-order valence-electron chi connectivity index (χ3n) is 3.34. The predicted molar refractivity (Wildman–Crippen MR) is 86.9 cm³/mol. The summed E-state index contributed by atoms with van der Waals surface area (Å²) < 4.78 is 0. The number of isocyanates is 1. The van der Waals surface area contributed by atoms with E-state index in [2.05, 4.69) is 9.98 Å². The van der Waals surface area contributed by atoms with Crippen LogP contribution in [0.3, 0.4) is 0 Å². The van der Waals surface area contributed by atoms with Crippen LogP contribution >= 0.6 is 11.6 Å². The SMILES string of the molecule is O=C=Nc1ccc(-c2cc(C(=O)O)c3cc(Cl)ccc3n2)cc1. The van der Waals surface area contributed by atoms with Crippen molar-refractivity contribution in [2.75, 3.05) is 0 Å². The van der Waals surface area contributed by atoms with Gasteiger partial charge in [0.25, 0.3) is 0 Å². The van der Waals surface area contributed by atoms with E-state index in [1.165, 1.54) is 12.1 Å². The number of fused-ring (bicyclic) bond motifs is 1. The third-order valence-corrected chi connectivity index (χ3v) is 3.57. The lowest BCUT2D eigenvalue weighted by atomic mass is 10.0. The second-order valence-corrected chi connectivity index (χ2v) is 5.21. The number of aromatic nitrogens is 1. The van der Waals surface area contributed by atoms with Crippen molar-refractivity contribution in [3.05, 3.63) is 59.1 Å². The lowest BCUT2D eigenvalue weighted by molar-refractivity contribution is 0.0699. The number of benzene rings is 2. The van der Waals surface area contributed by atoms with Crippen LogP contribution in [0.15, 0.2) is 53.5 Å². The molecule has 0 unspecified atom stereocenters. The molecule has 0 aliphatic rings. The quantitative estimate of drug-likeness (QED) is 0.577. The number of rotatable bonds is 3. The summed E-state index contributed by atoms with van der Waals surface area (Å²) in [6.07, 6.45) is 1.47. The van der Waals surface area contributed by atoms with Crippen LogP contribution in [0, 0.1) is 0 Å². The Morgan fingerprint density at radius 2 is 1.87 bits per heavy atom. The number of nitrogens with zero attached hydrogens (tertiary/aromatic N) is 2. The van der Waals surface area contributed by atoms with Gasteiger partial charge < -0.3 is 5.11 Å². The molecule has 0 atom stereocenters. The molecule has 3 rings (SSSR count). The van der Waals surface area contributed by atoms with E-state index in [-0.39, 0.29) is 5.56 Å². The minimum atomic E-state index is -1.05. The summed E-state index contributed by atoms with van der Waals surface area (Å²) in [5.74, 6) is -1.05. The molecular formula is C17H9ClN2O3. The summed E-state index contributed by atoms with van der Waals surface area (Å²) in [6.45, 7) is 0. The van der Waals surface area contributed by atoms with Gasteiger partial charge in [0, 0.05) is 16.0 Å². The monoisotopic (exact) mass is 324 g/mol. The van der Waals surface area contributed by atoms with Crippen LogP contribution in [-0.4, -0.2) is 22.1 Å². The Labute approximate surface area is 135 Å². The van der Waals surface area contributed by atoms with E-state index in [9.17, 15) is 14.7 Å². The molecule has 2 aromatic carbocycles. The average Bonchev–Trinajstić information content (AvgIpc) is 2.55. The second kappa shape index (κ2) is 6.01. The Kier molecular flexibility index (Phi) is 3.89. The number of carbonyl (C=O) groups is 1. The molecule has 112 valence electrons. The lowest BCUT2D eigenvalue weighted by Crippen LogP contribution is -2.00. The largest absolute Gasteiger partial charge is 0.478 e. The number of aromatic carboxylic acids is 1. The normalized spacial score (nSPS) is 10.3. The highest BCUT2D eigenvalue weighted by atomic mass is 35.5. The first-order valence-corrected chi connectivity index (χ1v) is 6.98. The summed E-state index contributed by atoms with van der Waals surface area (Å²) in [6, 6.07) is 13.1. The van der Waals surface area contributed by atoms with Gasteiger partial charge in [0.05, 0.1) is 22.5 Å². The van der Waals surface area contributed by atoms with Gasteiger partial charge >= 0.3 is 5.97 Å². The minimum Gasteiger partial charge on any atom is -0.478 e. The van der Waals surface area contributed by atoms with Gasteiger partial charge in [-0.3, -0.25) is 0 Å². The smallest absolute Gasteiger partial charge is 0.336 e. The van der Waals surface area contributed by atoms with E-state index in [0.29, 0.717) is 32.9 Å². The zero-order valence-electron chi connectivity index (χ0n) is 11.7. The molecule has 1 heterocycles. The molecule has 0 bridgehead atoms. The zero-order chi connectivity index (χ0) is 16.4. The van der Waals surface area contributed by atoms with Crippen molar-refractivity contribution >= 4 is 40.2 Å². The summed E-state index contributed by atoms with van der Waals surface area (Å²) in [4.78, 5) is 29.8. The highest BCUT2D eigenvalue weighted by Crippen LogP contribution is 2.28. The molecule has 0 fully saturated rings. The number of carbonyl (C=O) groups excluding carboxylic acids is 1. The van der Waals surface area contributed by atoms with Crippen LogP contribution in [0.1, 0.15) is 10.4 Å². The van der Waals surface area contributed by atoms with Gasteiger partial charge in [-0.25, -0.2) is 14.6 Å². The first-order chi connectivity index (χ1) is 11.1. The number of carboxylic acid groups (broad SMARTS) is 1. The van der Waals surface area contributed by atoms with Gasteiger partial charge in [0.2, 0.25) is 6.08 Å². The van der Waals surface area contributed by atoms with Gasteiger partial charge in [-0.15, -0.1) is 0 Å². The number of hydrogen-bond donors (Lipinski definition) is 1. The molecule has 6 heteroatoms. The standard InChI is InChI=1S/C17H9ClN2O3/c18-11-3-6-15-13(7-11)14(17(22)23)8-16(20-15)10-1-4-12(5-2-10)19-9-21/h1-8H,(H,22,23). The van der Waals surface area contributed by atoms with E-state index < -0.39 is 5.97 Å². The average molecular weight is 325 g/mol. The number of halogens is 1. The Morgan fingerprint density at radius 3 is 2.52 bits per heavy atom. The van der Waals surface area contributed by atoms with E-state index in [4.69, 9.17) is 11.6 Å². The molecular weight excluding hydrogens is 316 g/mol. The maximum Gasteiger partial charge on any atom is 0.336 e. The van der Waals surface area contributed by atoms with Crippen LogP contribution in [0.4, 0.5) is 5.69 Å². The Bertz CT molecular complexity index is 961. The van der Waals surface area contributed by atoms with Gasteiger partial charge in [-0.2, -0.15) is 4.99 Å². The first-order valence-electron chi connectivity index (χ1n) is 6.60. The highest BCUT2D eigenvalue weighted by molar-refractivity contribution is 6.31. The van der Waals surface area contributed by atoms with E-state index in [1.807, 2.05) is 0 Å². The van der Waals surface area contributed by atoms with Crippen LogP contribution in [-0.2, 0) is 4.79 Å². The van der Waals surface area contributed by atoms with Crippen LogP contribution in [0.2, 0.25) is 5.02 Å². The fourth-order valence-corrected chi connectivity index (χ4v) is 2.45. The molecule has 0 amide bonds. The first kappa shape index (κ1) is 14.9. The Morgan fingerprint density at radius 1 is 1.13 bits per heavy atom. The van der Waals surface area contributed by atoms with E-state index in [1.54, 1.807) is 42.5 Å². The Hall–Kier alpha value is -3.01. The molecule has 5 nitrogen and oxygen atoms in total. The molecule has 23 heavy (non-hydrogen) atoms. The number of carboxylic acids is 1. The molecule has 3 aromatic rings. The molecule has 1 N–H and O–H groups in total. The maximum absolute atomic E-state index is 11.5. The van der Waals surface area contributed by atoms with Crippen molar-refractivity contribution in [2.24, 2.45) is 4.99 Å². The summed E-state index contributed by atoms with van der Waals surface area (Å²) in [5, 5.41) is 10.4. The summed E-state index contributed by atoms with van der Waals surface area (Å²) in [5.41, 5.74) is 2.37. The second-order valence-electron chi connectivity index (χ2n) is 4.77. The molecule has 0 radical (unpaired) electrons.